The number of aliphatic hydroxyl groups excluding tert-OH is 1. The summed E-state index contributed by atoms with van der Waals surface area (Å²) in [5, 5.41) is 13.6. The summed E-state index contributed by atoms with van der Waals surface area (Å²) in [4.78, 5) is 0. The van der Waals surface area contributed by atoms with E-state index in [4.69, 9.17) is 4.74 Å². The molecule has 1 heterocycles. The fourth-order valence-corrected chi connectivity index (χ4v) is 2.38. The quantitative estimate of drug-likeness (QED) is 0.899. The Balaban J connectivity index is 1.91. The molecule has 1 aromatic carbocycles. The van der Waals surface area contributed by atoms with E-state index in [2.05, 4.69) is 28.2 Å². The number of hydrogen-bond acceptors (Lipinski definition) is 3. The predicted molar refractivity (Wildman–Crippen MR) is 70.9 cm³/mol. The van der Waals surface area contributed by atoms with Gasteiger partial charge in [0.05, 0.1) is 19.3 Å². The Labute approximate surface area is 110 Å². The fraction of sp³-hybridized carbons (Fsp3) is 0.538. The van der Waals surface area contributed by atoms with Crippen molar-refractivity contribution in [2.24, 2.45) is 0 Å². The lowest BCUT2D eigenvalue weighted by molar-refractivity contribution is 0.0304. The molecule has 0 aromatic heterocycles. The maximum absolute atomic E-state index is 10.1. The highest BCUT2D eigenvalue weighted by atomic mass is 79.9. The van der Waals surface area contributed by atoms with Crippen molar-refractivity contribution in [2.75, 3.05) is 13.2 Å². The van der Waals surface area contributed by atoms with E-state index in [0.29, 0.717) is 19.1 Å². The van der Waals surface area contributed by atoms with Crippen LogP contribution in [0.2, 0.25) is 0 Å². The largest absolute Gasteiger partial charge is 0.388 e. The molecule has 1 aromatic rings. The van der Waals surface area contributed by atoms with Crippen molar-refractivity contribution >= 4 is 15.9 Å². The number of morpholine rings is 1. The molecule has 0 saturated carbocycles. The zero-order valence-electron chi connectivity index (χ0n) is 9.90. The summed E-state index contributed by atoms with van der Waals surface area (Å²) in [6.07, 6.45) is 0.251. The minimum atomic E-state index is -0.436. The molecule has 3 unspecified atom stereocenters. The van der Waals surface area contributed by atoms with Crippen molar-refractivity contribution in [1.82, 2.24) is 5.32 Å². The zero-order valence-corrected chi connectivity index (χ0v) is 11.5. The van der Waals surface area contributed by atoms with Gasteiger partial charge in [0.15, 0.2) is 0 Å². The van der Waals surface area contributed by atoms with Crippen LogP contribution in [0.4, 0.5) is 0 Å². The van der Waals surface area contributed by atoms with E-state index >= 15 is 0 Å². The van der Waals surface area contributed by atoms with Crippen LogP contribution in [0.5, 0.6) is 0 Å². The Bertz CT molecular complexity index is 355. The van der Waals surface area contributed by atoms with Gasteiger partial charge in [-0.05, 0) is 31.0 Å². The highest BCUT2D eigenvalue weighted by Crippen LogP contribution is 2.21. The molecular formula is C13H18BrNO2. The van der Waals surface area contributed by atoms with Gasteiger partial charge in [-0.25, -0.2) is 0 Å². The van der Waals surface area contributed by atoms with Gasteiger partial charge in [0.1, 0.15) is 0 Å². The van der Waals surface area contributed by atoms with Gasteiger partial charge in [-0.15, -0.1) is 0 Å². The number of aliphatic hydroxyl groups is 1. The molecule has 0 spiro atoms. The summed E-state index contributed by atoms with van der Waals surface area (Å²) in [5.41, 5.74) is 0.952. The monoisotopic (exact) mass is 299 g/mol. The molecule has 17 heavy (non-hydrogen) atoms. The van der Waals surface area contributed by atoms with E-state index in [1.54, 1.807) is 0 Å². The number of hydrogen-bond donors (Lipinski definition) is 2. The molecule has 1 fully saturated rings. The predicted octanol–water partition coefficient (Wildman–Crippen LogP) is 2.25. The smallest absolute Gasteiger partial charge is 0.0805 e. The van der Waals surface area contributed by atoms with Gasteiger partial charge in [-0.2, -0.15) is 0 Å². The first-order valence-corrected chi connectivity index (χ1v) is 6.72. The van der Waals surface area contributed by atoms with Crippen LogP contribution in [0.15, 0.2) is 28.7 Å². The van der Waals surface area contributed by atoms with E-state index in [9.17, 15) is 5.11 Å². The molecular weight excluding hydrogens is 282 g/mol. The topological polar surface area (TPSA) is 41.5 Å². The number of halogens is 1. The molecule has 1 aliphatic rings. The highest BCUT2D eigenvalue weighted by Gasteiger charge is 2.21. The Morgan fingerprint density at radius 1 is 1.41 bits per heavy atom. The molecule has 0 radical (unpaired) electrons. The standard InChI is InChI=1S/C13H18BrNO2/c1-9-7-17-8-12(15-9)6-13(16)10-2-4-11(14)5-3-10/h2-5,9,12-13,15-16H,6-8H2,1H3. The van der Waals surface area contributed by atoms with Crippen LogP contribution in [0.1, 0.15) is 25.0 Å². The summed E-state index contributed by atoms with van der Waals surface area (Å²) < 4.78 is 6.50. The van der Waals surface area contributed by atoms with Gasteiger partial charge in [0.25, 0.3) is 0 Å². The summed E-state index contributed by atoms with van der Waals surface area (Å²) in [7, 11) is 0. The van der Waals surface area contributed by atoms with Crippen LogP contribution in [0.3, 0.4) is 0 Å². The van der Waals surface area contributed by atoms with Crippen LogP contribution < -0.4 is 5.32 Å². The number of nitrogens with one attached hydrogen (secondary N) is 1. The first kappa shape index (κ1) is 13.0. The van der Waals surface area contributed by atoms with Crippen molar-refractivity contribution in [3.05, 3.63) is 34.3 Å². The SMILES string of the molecule is CC1COCC(CC(O)c2ccc(Br)cc2)N1. The van der Waals surface area contributed by atoms with Crippen LogP contribution in [-0.4, -0.2) is 30.4 Å². The number of benzene rings is 1. The van der Waals surface area contributed by atoms with Gasteiger partial charge in [0.2, 0.25) is 0 Å². The first-order chi connectivity index (χ1) is 8.15. The zero-order chi connectivity index (χ0) is 12.3. The third kappa shape index (κ3) is 3.78. The number of ether oxygens (including phenoxy) is 1. The van der Waals surface area contributed by atoms with Crippen molar-refractivity contribution in [2.45, 2.75) is 31.5 Å². The molecule has 3 nitrogen and oxygen atoms in total. The maximum atomic E-state index is 10.1. The normalized spacial score (nSPS) is 26.8. The van der Waals surface area contributed by atoms with Gasteiger partial charge < -0.3 is 15.2 Å². The van der Waals surface area contributed by atoms with Crippen LogP contribution in [-0.2, 0) is 4.74 Å². The highest BCUT2D eigenvalue weighted by molar-refractivity contribution is 9.10. The lowest BCUT2D eigenvalue weighted by Crippen LogP contribution is -2.47. The molecule has 4 heteroatoms. The molecule has 0 bridgehead atoms. The molecule has 3 atom stereocenters. The van der Waals surface area contributed by atoms with Gasteiger partial charge in [-0.1, -0.05) is 28.1 Å². The Morgan fingerprint density at radius 3 is 2.76 bits per heavy atom. The third-order valence-electron chi connectivity index (χ3n) is 2.97. The second-order valence-corrected chi connectivity index (χ2v) is 5.52. The van der Waals surface area contributed by atoms with E-state index in [1.807, 2.05) is 24.3 Å². The summed E-state index contributed by atoms with van der Waals surface area (Å²) in [5.74, 6) is 0. The Hall–Kier alpha value is -0.420. The maximum Gasteiger partial charge on any atom is 0.0805 e. The van der Waals surface area contributed by atoms with Crippen LogP contribution in [0.25, 0.3) is 0 Å². The Kier molecular flexibility index (Phi) is 4.56. The lowest BCUT2D eigenvalue weighted by Gasteiger charge is -2.30. The van der Waals surface area contributed by atoms with Crippen molar-refractivity contribution in [3.8, 4) is 0 Å². The van der Waals surface area contributed by atoms with Gasteiger partial charge >= 0.3 is 0 Å². The minimum Gasteiger partial charge on any atom is -0.388 e. The van der Waals surface area contributed by atoms with Crippen molar-refractivity contribution in [3.63, 3.8) is 0 Å². The van der Waals surface area contributed by atoms with Crippen molar-refractivity contribution in [1.29, 1.82) is 0 Å². The van der Waals surface area contributed by atoms with E-state index < -0.39 is 6.10 Å². The third-order valence-corrected chi connectivity index (χ3v) is 3.50. The van der Waals surface area contributed by atoms with Crippen molar-refractivity contribution < 1.29 is 9.84 Å². The molecule has 1 aliphatic heterocycles. The van der Waals surface area contributed by atoms with E-state index in [-0.39, 0.29) is 6.04 Å². The molecule has 2 rings (SSSR count). The number of rotatable bonds is 3. The molecule has 0 aliphatic carbocycles. The molecule has 1 saturated heterocycles. The fourth-order valence-electron chi connectivity index (χ4n) is 2.11. The summed E-state index contributed by atoms with van der Waals surface area (Å²) in [6.45, 7) is 3.53. The average molecular weight is 300 g/mol. The summed E-state index contributed by atoms with van der Waals surface area (Å²) in [6, 6.07) is 8.39. The minimum absolute atomic E-state index is 0.234. The van der Waals surface area contributed by atoms with Crippen LogP contribution >= 0.6 is 15.9 Å². The van der Waals surface area contributed by atoms with Gasteiger partial charge in [-0.3, -0.25) is 0 Å². The Morgan fingerprint density at radius 2 is 2.12 bits per heavy atom. The molecule has 2 N–H and O–H groups in total. The van der Waals surface area contributed by atoms with E-state index in [1.165, 1.54) is 0 Å². The second kappa shape index (κ2) is 5.96. The first-order valence-electron chi connectivity index (χ1n) is 5.92. The molecule has 94 valence electrons. The van der Waals surface area contributed by atoms with E-state index in [0.717, 1.165) is 16.6 Å². The lowest BCUT2D eigenvalue weighted by atomic mass is 10.0. The summed E-state index contributed by atoms with van der Waals surface area (Å²) >= 11 is 3.39. The van der Waals surface area contributed by atoms with Gasteiger partial charge in [0, 0.05) is 16.6 Å². The molecule has 0 amide bonds. The second-order valence-electron chi connectivity index (χ2n) is 4.61. The average Bonchev–Trinajstić information content (AvgIpc) is 2.29. The van der Waals surface area contributed by atoms with Crippen LogP contribution in [0, 0.1) is 0 Å².